The van der Waals surface area contributed by atoms with E-state index in [2.05, 4.69) is 5.32 Å². The van der Waals surface area contributed by atoms with Gasteiger partial charge in [-0.1, -0.05) is 24.3 Å². The standard InChI is InChI=1S/C17H18N2O4/c1-22-10-12-5-4-6-13(9-12)19-17(21)14-7-2-3-8-15(14)23-11-16(18)20/h2-9H,10-11H2,1H3,(H2,18,20)(H,19,21). The van der Waals surface area contributed by atoms with Gasteiger partial charge < -0.3 is 20.5 Å². The number of benzene rings is 2. The topological polar surface area (TPSA) is 90.7 Å². The van der Waals surface area contributed by atoms with Crippen LogP contribution in [0.15, 0.2) is 48.5 Å². The molecule has 0 aliphatic rings. The van der Waals surface area contributed by atoms with Crippen molar-refractivity contribution < 1.29 is 19.1 Å². The second-order valence-corrected chi connectivity index (χ2v) is 4.84. The van der Waals surface area contributed by atoms with Crippen LogP contribution in [-0.2, 0) is 16.1 Å². The molecule has 0 fully saturated rings. The molecule has 3 N–H and O–H groups in total. The van der Waals surface area contributed by atoms with Crippen molar-refractivity contribution in [2.24, 2.45) is 5.73 Å². The van der Waals surface area contributed by atoms with Gasteiger partial charge in [0.25, 0.3) is 11.8 Å². The molecule has 2 aromatic rings. The van der Waals surface area contributed by atoms with E-state index in [0.29, 0.717) is 23.6 Å². The van der Waals surface area contributed by atoms with Gasteiger partial charge in [0.1, 0.15) is 5.75 Å². The first kappa shape index (κ1) is 16.5. The predicted octanol–water partition coefficient (Wildman–Crippen LogP) is 1.95. The zero-order chi connectivity index (χ0) is 16.7. The van der Waals surface area contributed by atoms with Crippen molar-refractivity contribution in [2.75, 3.05) is 19.0 Å². The monoisotopic (exact) mass is 314 g/mol. The fourth-order valence-corrected chi connectivity index (χ4v) is 2.03. The lowest BCUT2D eigenvalue weighted by molar-refractivity contribution is -0.119. The maximum Gasteiger partial charge on any atom is 0.259 e. The Morgan fingerprint density at radius 2 is 1.91 bits per heavy atom. The van der Waals surface area contributed by atoms with Crippen LogP contribution in [0.5, 0.6) is 5.75 Å². The number of para-hydroxylation sites is 1. The molecule has 2 amide bonds. The largest absolute Gasteiger partial charge is 0.483 e. The van der Waals surface area contributed by atoms with Crippen LogP contribution in [-0.4, -0.2) is 25.5 Å². The summed E-state index contributed by atoms with van der Waals surface area (Å²) in [5.74, 6) is -0.635. The molecule has 6 nitrogen and oxygen atoms in total. The summed E-state index contributed by atoms with van der Waals surface area (Å²) in [4.78, 5) is 23.2. The van der Waals surface area contributed by atoms with E-state index in [1.165, 1.54) is 0 Å². The molecule has 0 aliphatic carbocycles. The lowest BCUT2D eigenvalue weighted by Crippen LogP contribution is -2.21. The molecule has 0 saturated heterocycles. The van der Waals surface area contributed by atoms with Crippen LogP contribution >= 0.6 is 0 Å². The molecule has 2 rings (SSSR count). The molecule has 6 heteroatoms. The number of nitrogens with two attached hydrogens (primary N) is 1. The Hall–Kier alpha value is -2.86. The van der Waals surface area contributed by atoms with Gasteiger partial charge in [-0.2, -0.15) is 0 Å². The molecule has 0 aliphatic heterocycles. The molecule has 0 aromatic heterocycles. The fourth-order valence-electron chi connectivity index (χ4n) is 2.03. The first-order valence-corrected chi connectivity index (χ1v) is 6.99. The fraction of sp³-hybridized carbons (Fsp3) is 0.176. The highest BCUT2D eigenvalue weighted by molar-refractivity contribution is 6.06. The van der Waals surface area contributed by atoms with Crippen molar-refractivity contribution in [1.29, 1.82) is 0 Å². The Morgan fingerprint density at radius 3 is 2.65 bits per heavy atom. The van der Waals surface area contributed by atoms with Gasteiger partial charge >= 0.3 is 0 Å². The Labute approximate surface area is 134 Å². The van der Waals surface area contributed by atoms with Crippen molar-refractivity contribution in [2.45, 2.75) is 6.61 Å². The van der Waals surface area contributed by atoms with E-state index in [4.69, 9.17) is 15.2 Å². The number of carbonyl (C=O) groups is 2. The number of primary amides is 1. The van der Waals surface area contributed by atoms with Gasteiger partial charge in [-0.25, -0.2) is 0 Å². The normalized spacial score (nSPS) is 10.1. The van der Waals surface area contributed by atoms with Crippen LogP contribution in [0.3, 0.4) is 0 Å². The van der Waals surface area contributed by atoms with Crippen LogP contribution in [0.25, 0.3) is 0 Å². The van der Waals surface area contributed by atoms with E-state index in [0.717, 1.165) is 5.56 Å². The predicted molar refractivity (Wildman–Crippen MR) is 86.2 cm³/mol. The smallest absolute Gasteiger partial charge is 0.259 e. The first-order chi connectivity index (χ1) is 11.1. The number of hydrogen-bond acceptors (Lipinski definition) is 4. The number of amides is 2. The Bertz CT molecular complexity index is 700. The molecule has 120 valence electrons. The van der Waals surface area contributed by atoms with Gasteiger partial charge in [0.15, 0.2) is 6.61 Å². The summed E-state index contributed by atoms with van der Waals surface area (Å²) in [7, 11) is 1.61. The second-order valence-electron chi connectivity index (χ2n) is 4.84. The minimum absolute atomic E-state index is 0.284. The summed E-state index contributed by atoms with van der Waals surface area (Å²) < 4.78 is 10.3. The average Bonchev–Trinajstić information content (AvgIpc) is 2.54. The van der Waals surface area contributed by atoms with Crippen LogP contribution in [0.1, 0.15) is 15.9 Å². The highest BCUT2D eigenvalue weighted by Gasteiger charge is 2.13. The molecule has 0 spiro atoms. The van der Waals surface area contributed by atoms with E-state index in [1.54, 1.807) is 37.4 Å². The molecule has 0 radical (unpaired) electrons. The molecule has 2 aromatic carbocycles. The number of methoxy groups -OCH3 is 1. The summed E-state index contributed by atoms with van der Waals surface area (Å²) in [6.07, 6.45) is 0. The second kappa shape index (κ2) is 7.95. The highest BCUT2D eigenvalue weighted by atomic mass is 16.5. The maximum absolute atomic E-state index is 12.4. The highest BCUT2D eigenvalue weighted by Crippen LogP contribution is 2.20. The molecule has 23 heavy (non-hydrogen) atoms. The van der Waals surface area contributed by atoms with Crippen molar-refractivity contribution in [3.8, 4) is 5.75 Å². The van der Waals surface area contributed by atoms with Crippen LogP contribution in [0.4, 0.5) is 5.69 Å². The van der Waals surface area contributed by atoms with Gasteiger partial charge in [0.2, 0.25) is 0 Å². The van der Waals surface area contributed by atoms with Gasteiger partial charge in [-0.05, 0) is 29.8 Å². The van der Waals surface area contributed by atoms with E-state index in [9.17, 15) is 9.59 Å². The summed E-state index contributed by atoms with van der Waals surface area (Å²) in [5, 5.41) is 2.79. The molecular formula is C17H18N2O4. The Kier molecular flexibility index (Phi) is 5.71. The van der Waals surface area contributed by atoms with E-state index in [-0.39, 0.29) is 12.5 Å². The third-order valence-electron chi connectivity index (χ3n) is 3.00. The molecule has 0 bridgehead atoms. The van der Waals surface area contributed by atoms with Crippen molar-refractivity contribution in [1.82, 2.24) is 0 Å². The van der Waals surface area contributed by atoms with Gasteiger partial charge in [-0.15, -0.1) is 0 Å². The van der Waals surface area contributed by atoms with Crippen molar-refractivity contribution in [3.05, 3.63) is 59.7 Å². The quantitative estimate of drug-likeness (QED) is 0.817. The average molecular weight is 314 g/mol. The molecular weight excluding hydrogens is 296 g/mol. The van der Waals surface area contributed by atoms with E-state index >= 15 is 0 Å². The number of ether oxygens (including phenoxy) is 2. The number of carbonyl (C=O) groups excluding carboxylic acids is 2. The number of anilines is 1. The lowest BCUT2D eigenvalue weighted by Gasteiger charge is -2.11. The SMILES string of the molecule is COCc1cccc(NC(=O)c2ccccc2OCC(N)=O)c1. The van der Waals surface area contributed by atoms with Crippen LogP contribution < -0.4 is 15.8 Å². The summed E-state index contributed by atoms with van der Waals surface area (Å²) >= 11 is 0. The van der Waals surface area contributed by atoms with E-state index < -0.39 is 5.91 Å². The number of rotatable bonds is 7. The van der Waals surface area contributed by atoms with Gasteiger partial charge in [0, 0.05) is 12.8 Å². The zero-order valence-electron chi connectivity index (χ0n) is 12.7. The van der Waals surface area contributed by atoms with Crippen molar-refractivity contribution in [3.63, 3.8) is 0 Å². The Morgan fingerprint density at radius 1 is 1.13 bits per heavy atom. The Balaban J connectivity index is 2.14. The minimum Gasteiger partial charge on any atom is -0.483 e. The number of hydrogen-bond donors (Lipinski definition) is 2. The number of nitrogens with one attached hydrogen (secondary N) is 1. The maximum atomic E-state index is 12.4. The van der Waals surface area contributed by atoms with Crippen LogP contribution in [0, 0.1) is 0 Å². The summed E-state index contributed by atoms with van der Waals surface area (Å²) in [5.41, 5.74) is 6.98. The molecule has 0 unspecified atom stereocenters. The summed E-state index contributed by atoms with van der Waals surface area (Å²) in [6.45, 7) is 0.176. The van der Waals surface area contributed by atoms with Gasteiger partial charge in [0.05, 0.1) is 12.2 Å². The minimum atomic E-state index is -0.604. The molecule has 0 atom stereocenters. The van der Waals surface area contributed by atoms with E-state index in [1.807, 2.05) is 18.2 Å². The van der Waals surface area contributed by atoms with Gasteiger partial charge in [-0.3, -0.25) is 9.59 Å². The first-order valence-electron chi connectivity index (χ1n) is 6.99. The van der Waals surface area contributed by atoms with Crippen molar-refractivity contribution >= 4 is 17.5 Å². The molecule has 0 saturated carbocycles. The summed E-state index contributed by atoms with van der Waals surface area (Å²) in [6, 6.07) is 14.0. The third kappa shape index (κ3) is 4.82. The third-order valence-corrected chi connectivity index (χ3v) is 3.00. The molecule has 0 heterocycles. The zero-order valence-corrected chi connectivity index (χ0v) is 12.7. The van der Waals surface area contributed by atoms with Crippen LogP contribution in [0.2, 0.25) is 0 Å². The lowest BCUT2D eigenvalue weighted by atomic mass is 10.1.